The van der Waals surface area contributed by atoms with Gasteiger partial charge in [0.05, 0.1) is 0 Å². The summed E-state index contributed by atoms with van der Waals surface area (Å²) in [5, 5.41) is 16.0. The van der Waals surface area contributed by atoms with Gasteiger partial charge in [-0.3, -0.25) is 9.59 Å². The van der Waals surface area contributed by atoms with Crippen LogP contribution in [-0.4, -0.2) is 45.6 Å². The molecule has 0 heterocycles. The maximum atomic E-state index is 14.3. The molecule has 0 aliphatic heterocycles. The molecule has 0 radical (unpaired) electrons. The minimum absolute atomic E-state index is 0.115. The molecular formula is C31H43N3O5. The second-order valence-corrected chi connectivity index (χ2v) is 11.7. The van der Waals surface area contributed by atoms with Crippen molar-refractivity contribution in [2.24, 2.45) is 11.8 Å². The Hall–Kier alpha value is -3.55. The molecular weight excluding hydrogens is 494 g/mol. The molecule has 2 aromatic carbocycles. The van der Waals surface area contributed by atoms with Gasteiger partial charge in [-0.2, -0.15) is 0 Å². The van der Waals surface area contributed by atoms with Crippen molar-refractivity contribution in [3.05, 3.63) is 65.2 Å². The predicted octanol–water partition coefficient (Wildman–Crippen LogP) is 5.23. The standard InChI is InChI=1S/C31H43N3O5/c1-8-19(2)26(33-30(38)39-31(5,6)7)29(37)34(24-17-20(24)3)27(23-14-15-25(35)21(4)16-23)28(36)32-18-22-12-10-9-11-13-22/h9-16,19-20,24,26-27,35H,8,17-18H2,1-7H3,(H,32,36)(H,33,38). The summed E-state index contributed by atoms with van der Waals surface area (Å²) in [5.41, 5.74) is 1.42. The van der Waals surface area contributed by atoms with E-state index in [4.69, 9.17) is 4.74 Å². The number of phenols is 1. The number of rotatable bonds is 10. The highest BCUT2D eigenvalue weighted by Gasteiger charge is 2.48. The Labute approximate surface area is 232 Å². The maximum Gasteiger partial charge on any atom is 0.408 e. The Kier molecular flexibility index (Phi) is 9.64. The average molecular weight is 538 g/mol. The molecule has 1 fully saturated rings. The zero-order valence-electron chi connectivity index (χ0n) is 24.2. The number of alkyl carbamates (subject to hydrolysis) is 1. The number of aromatic hydroxyl groups is 1. The maximum absolute atomic E-state index is 14.3. The van der Waals surface area contributed by atoms with Crippen LogP contribution in [0.15, 0.2) is 48.5 Å². The molecule has 39 heavy (non-hydrogen) atoms. The molecule has 5 unspecified atom stereocenters. The fourth-order valence-electron chi connectivity index (χ4n) is 4.62. The van der Waals surface area contributed by atoms with Crippen LogP contribution in [0.1, 0.15) is 77.1 Å². The molecule has 212 valence electrons. The van der Waals surface area contributed by atoms with Crippen molar-refractivity contribution in [3.63, 3.8) is 0 Å². The van der Waals surface area contributed by atoms with Gasteiger partial charge in [-0.1, -0.05) is 63.6 Å². The largest absolute Gasteiger partial charge is 0.508 e. The van der Waals surface area contributed by atoms with Crippen molar-refractivity contribution in [2.45, 2.75) is 91.6 Å². The van der Waals surface area contributed by atoms with Crippen LogP contribution >= 0.6 is 0 Å². The monoisotopic (exact) mass is 537 g/mol. The zero-order chi connectivity index (χ0) is 28.9. The van der Waals surface area contributed by atoms with Crippen LogP contribution in [0.25, 0.3) is 0 Å². The van der Waals surface area contributed by atoms with Crippen molar-refractivity contribution >= 4 is 17.9 Å². The van der Waals surface area contributed by atoms with E-state index in [2.05, 4.69) is 10.6 Å². The summed E-state index contributed by atoms with van der Waals surface area (Å²) in [6.07, 6.45) is 0.726. The molecule has 8 heteroatoms. The van der Waals surface area contributed by atoms with Gasteiger partial charge >= 0.3 is 6.09 Å². The van der Waals surface area contributed by atoms with Crippen molar-refractivity contribution in [1.82, 2.24) is 15.5 Å². The number of carbonyl (C=O) groups excluding carboxylic acids is 3. The number of benzene rings is 2. The van der Waals surface area contributed by atoms with E-state index in [9.17, 15) is 19.5 Å². The van der Waals surface area contributed by atoms with Crippen LogP contribution in [0.5, 0.6) is 5.75 Å². The number of aryl methyl sites for hydroxylation is 1. The summed E-state index contributed by atoms with van der Waals surface area (Å²) in [6, 6.07) is 12.6. The van der Waals surface area contributed by atoms with Gasteiger partial charge in [0, 0.05) is 12.6 Å². The topological polar surface area (TPSA) is 108 Å². The average Bonchev–Trinajstić information content (AvgIpc) is 3.60. The Balaban J connectivity index is 2.01. The summed E-state index contributed by atoms with van der Waals surface area (Å²) in [4.78, 5) is 42.6. The fourth-order valence-corrected chi connectivity index (χ4v) is 4.62. The number of carbonyl (C=O) groups is 3. The summed E-state index contributed by atoms with van der Waals surface area (Å²) in [5.74, 6) is -0.525. The normalized spacial score (nSPS) is 18.8. The van der Waals surface area contributed by atoms with E-state index >= 15 is 0 Å². The molecule has 5 atom stereocenters. The number of ether oxygens (including phenoxy) is 1. The van der Waals surface area contributed by atoms with Gasteiger partial charge in [-0.15, -0.1) is 0 Å². The lowest BCUT2D eigenvalue weighted by Crippen LogP contribution is -2.56. The summed E-state index contributed by atoms with van der Waals surface area (Å²) < 4.78 is 5.47. The molecule has 3 amide bonds. The van der Waals surface area contributed by atoms with Gasteiger partial charge in [0.2, 0.25) is 11.8 Å². The first kappa shape index (κ1) is 30.0. The second-order valence-electron chi connectivity index (χ2n) is 11.7. The van der Waals surface area contributed by atoms with Crippen LogP contribution in [0, 0.1) is 18.8 Å². The smallest absolute Gasteiger partial charge is 0.408 e. The number of nitrogens with one attached hydrogen (secondary N) is 2. The Morgan fingerprint density at radius 1 is 1.13 bits per heavy atom. The van der Waals surface area contributed by atoms with Crippen LogP contribution < -0.4 is 10.6 Å². The van der Waals surface area contributed by atoms with Crippen molar-refractivity contribution in [3.8, 4) is 5.75 Å². The first-order valence-electron chi connectivity index (χ1n) is 13.7. The second kappa shape index (κ2) is 12.5. The summed E-state index contributed by atoms with van der Waals surface area (Å²) >= 11 is 0. The number of hydrogen-bond donors (Lipinski definition) is 3. The molecule has 0 spiro atoms. The molecule has 0 bridgehead atoms. The number of nitrogens with zero attached hydrogens (tertiary/aromatic N) is 1. The van der Waals surface area contributed by atoms with E-state index < -0.39 is 23.8 Å². The molecule has 1 aliphatic rings. The van der Waals surface area contributed by atoms with E-state index in [0.717, 1.165) is 12.0 Å². The number of amides is 3. The van der Waals surface area contributed by atoms with Gasteiger partial charge in [0.15, 0.2) is 0 Å². The van der Waals surface area contributed by atoms with Crippen molar-refractivity contribution in [2.75, 3.05) is 0 Å². The molecule has 0 saturated heterocycles. The first-order valence-corrected chi connectivity index (χ1v) is 13.7. The lowest BCUT2D eigenvalue weighted by molar-refractivity contribution is -0.144. The van der Waals surface area contributed by atoms with E-state index in [0.29, 0.717) is 24.1 Å². The van der Waals surface area contributed by atoms with Crippen molar-refractivity contribution < 1.29 is 24.2 Å². The van der Waals surface area contributed by atoms with Crippen LogP contribution in [0.3, 0.4) is 0 Å². The Bertz CT molecular complexity index is 1160. The summed E-state index contributed by atoms with van der Waals surface area (Å²) in [6.45, 7) is 13.3. The quantitative estimate of drug-likeness (QED) is 0.384. The molecule has 8 nitrogen and oxygen atoms in total. The lowest BCUT2D eigenvalue weighted by atomic mass is 9.95. The van der Waals surface area contributed by atoms with Gasteiger partial charge in [-0.05, 0) is 74.8 Å². The highest BCUT2D eigenvalue weighted by molar-refractivity contribution is 5.93. The van der Waals surface area contributed by atoms with Crippen LogP contribution in [-0.2, 0) is 20.9 Å². The minimum Gasteiger partial charge on any atom is -0.508 e. The summed E-state index contributed by atoms with van der Waals surface area (Å²) in [7, 11) is 0. The Morgan fingerprint density at radius 3 is 2.31 bits per heavy atom. The van der Waals surface area contributed by atoms with Gasteiger partial charge in [0.25, 0.3) is 0 Å². The highest BCUT2D eigenvalue weighted by Crippen LogP contribution is 2.41. The van der Waals surface area contributed by atoms with E-state index in [1.54, 1.807) is 50.8 Å². The molecule has 1 aliphatic carbocycles. The fraction of sp³-hybridized carbons (Fsp3) is 0.516. The third-order valence-corrected chi connectivity index (χ3v) is 7.20. The molecule has 0 aromatic heterocycles. The van der Waals surface area contributed by atoms with Gasteiger partial charge in [0.1, 0.15) is 23.4 Å². The molecule has 1 saturated carbocycles. The van der Waals surface area contributed by atoms with Crippen molar-refractivity contribution in [1.29, 1.82) is 0 Å². The predicted molar refractivity (Wildman–Crippen MR) is 151 cm³/mol. The minimum atomic E-state index is -0.942. The first-order chi connectivity index (χ1) is 18.3. The SMILES string of the molecule is CCC(C)C(NC(=O)OC(C)(C)C)C(=O)N(C(C(=O)NCc1ccccc1)c1ccc(O)c(C)c1)C1CC1C. The third-order valence-electron chi connectivity index (χ3n) is 7.20. The highest BCUT2D eigenvalue weighted by atomic mass is 16.6. The number of phenolic OH excluding ortho intramolecular Hbond substituents is 1. The van der Waals surface area contributed by atoms with Crippen LogP contribution in [0.4, 0.5) is 4.79 Å². The van der Waals surface area contributed by atoms with E-state index in [1.165, 1.54) is 0 Å². The molecule has 3 N–H and O–H groups in total. The number of hydrogen-bond acceptors (Lipinski definition) is 5. The molecule has 2 aromatic rings. The Morgan fingerprint density at radius 2 is 1.77 bits per heavy atom. The molecule has 3 rings (SSSR count). The lowest BCUT2D eigenvalue weighted by Gasteiger charge is -2.36. The van der Waals surface area contributed by atoms with Crippen LogP contribution in [0.2, 0.25) is 0 Å². The van der Waals surface area contributed by atoms with E-state index in [1.807, 2.05) is 51.1 Å². The van der Waals surface area contributed by atoms with Gasteiger partial charge < -0.3 is 25.4 Å². The van der Waals surface area contributed by atoms with Gasteiger partial charge in [-0.25, -0.2) is 4.79 Å². The third kappa shape index (κ3) is 7.97. The van der Waals surface area contributed by atoms with E-state index in [-0.39, 0.29) is 35.4 Å². The zero-order valence-corrected chi connectivity index (χ0v) is 24.2.